The van der Waals surface area contributed by atoms with E-state index in [9.17, 15) is 18.0 Å². The lowest BCUT2D eigenvalue weighted by Gasteiger charge is -2.12. The number of aryl methyl sites for hydroxylation is 1. The van der Waals surface area contributed by atoms with Crippen LogP contribution >= 0.6 is 23.2 Å². The van der Waals surface area contributed by atoms with E-state index in [1.54, 1.807) is 25.1 Å². The zero-order chi connectivity index (χ0) is 22.8. The first-order chi connectivity index (χ1) is 14.5. The standard InChI is InChI=1S/C22H18Cl2N2O4S/c1-13-8-18(25-22(28)15-9-16(23)12-17(24)10-15)6-7-20(13)26-21(27)14-4-3-5-19(11-14)31(2,29)30/h3-12H,1-2H3,(H,25,28)(H,26,27). The van der Waals surface area contributed by atoms with Crippen LogP contribution in [0.15, 0.2) is 65.6 Å². The molecule has 0 fully saturated rings. The Bertz CT molecular complexity index is 1270. The number of anilines is 2. The van der Waals surface area contributed by atoms with E-state index in [0.717, 1.165) is 6.26 Å². The van der Waals surface area contributed by atoms with Crippen LogP contribution in [-0.4, -0.2) is 26.5 Å². The predicted octanol–water partition coefficient (Wildman–Crippen LogP) is 5.21. The molecule has 160 valence electrons. The summed E-state index contributed by atoms with van der Waals surface area (Å²) < 4.78 is 23.4. The molecule has 0 saturated heterocycles. The average Bonchev–Trinajstić information content (AvgIpc) is 2.68. The zero-order valence-corrected chi connectivity index (χ0v) is 18.9. The Labute approximate surface area is 190 Å². The molecular formula is C22H18Cl2N2O4S. The highest BCUT2D eigenvalue weighted by molar-refractivity contribution is 7.90. The number of benzene rings is 3. The second kappa shape index (κ2) is 9.09. The molecule has 2 N–H and O–H groups in total. The summed E-state index contributed by atoms with van der Waals surface area (Å²) in [5.74, 6) is -0.822. The molecule has 0 saturated carbocycles. The van der Waals surface area contributed by atoms with Gasteiger partial charge in [0.1, 0.15) is 0 Å². The van der Waals surface area contributed by atoms with Gasteiger partial charge in [-0.15, -0.1) is 0 Å². The van der Waals surface area contributed by atoms with Gasteiger partial charge < -0.3 is 10.6 Å². The molecule has 0 spiro atoms. The number of nitrogens with one attached hydrogen (secondary N) is 2. The molecule has 3 aromatic rings. The van der Waals surface area contributed by atoms with Crippen molar-refractivity contribution >= 4 is 56.2 Å². The largest absolute Gasteiger partial charge is 0.322 e. The Morgan fingerprint density at radius 3 is 2.06 bits per heavy atom. The van der Waals surface area contributed by atoms with Gasteiger partial charge in [0.25, 0.3) is 11.8 Å². The second-order valence-corrected chi connectivity index (χ2v) is 9.78. The summed E-state index contributed by atoms with van der Waals surface area (Å²) in [5, 5.41) is 6.21. The van der Waals surface area contributed by atoms with Gasteiger partial charge in [-0.25, -0.2) is 8.42 Å². The van der Waals surface area contributed by atoms with Gasteiger partial charge in [-0.3, -0.25) is 9.59 Å². The molecule has 0 bridgehead atoms. The molecule has 0 radical (unpaired) electrons. The van der Waals surface area contributed by atoms with E-state index >= 15 is 0 Å². The normalized spacial score (nSPS) is 11.1. The molecule has 31 heavy (non-hydrogen) atoms. The Morgan fingerprint density at radius 1 is 0.806 bits per heavy atom. The minimum atomic E-state index is -3.42. The number of hydrogen-bond acceptors (Lipinski definition) is 4. The third kappa shape index (κ3) is 5.85. The third-order valence-electron chi connectivity index (χ3n) is 4.38. The Hall–Kier alpha value is -2.87. The first-order valence-electron chi connectivity index (χ1n) is 9.02. The molecule has 0 aliphatic heterocycles. The van der Waals surface area contributed by atoms with Crippen molar-refractivity contribution in [3.63, 3.8) is 0 Å². The van der Waals surface area contributed by atoms with Crippen LogP contribution in [0, 0.1) is 6.92 Å². The monoisotopic (exact) mass is 476 g/mol. The van der Waals surface area contributed by atoms with Crippen LogP contribution in [0.4, 0.5) is 11.4 Å². The average molecular weight is 477 g/mol. The summed E-state index contributed by atoms with van der Waals surface area (Å²) in [4.78, 5) is 25.1. The van der Waals surface area contributed by atoms with Crippen molar-refractivity contribution in [1.82, 2.24) is 0 Å². The van der Waals surface area contributed by atoms with Gasteiger partial charge >= 0.3 is 0 Å². The molecule has 0 heterocycles. The minimum absolute atomic E-state index is 0.0658. The van der Waals surface area contributed by atoms with Crippen LogP contribution in [-0.2, 0) is 9.84 Å². The van der Waals surface area contributed by atoms with E-state index < -0.39 is 15.7 Å². The van der Waals surface area contributed by atoms with Crippen LogP contribution < -0.4 is 10.6 Å². The van der Waals surface area contributed by atoms with E-state index in [0.29, 0.717) is 32.5 Å². The number of carbonyl (C=O) groups excluding carboxylic acids is 2. The number of hydrogen-bond donors (Lipinski definition) is 2. The molecule has 3 aromatic carbocycles. The first kappa shape index (κ1) is 22.8. The van der Waals surface area contributed by atoms with Crippen molar-refractivity contribution < 1.29 is 18.0 Å². The smallest absolute Gasteiger partial charge is 0.255 e. The number of halogens is 2. The highest BCUT2D eigenvalue weighted by atomic mass is 35.5. The highest BCUT2D eigenvalue weighted by Gasteiger charge is 2.14. The number of sulfone groups is 1. The van der Waals surface area contributed by atoms with Crippen LogP contribution in [0.25, 0.3) is 0 Å². The summed E-state index contributed by atoms with van der Waals surface area (Å²) in [6.45, 7) is 1.77. The molecule has 9 heteroatoms. The first-order valence-corrected chi connectivity index (χ1v) is 11.7. The van der Waals surface area contributed by atoms with Crippen molar-refractivity contribution in [3.05, 3.63) is 87.4 Å². The van der Waals surface area contributed by atoms with Crippen molar-refractivity contribution in [2.24, 2.45) is 0 Å². The fourth-order valence-corrected chi connectivity index (χ4v) is 4.03. The maximum atomic E-state index is 12.6. The van der Waals surface area contributed by atoms with Gasteiger partial charge in [0.05, 0.1) is 4.90 Å². The van der Waals surface area contributed by atoms with Gasteiger partial charge in [-0.1, -0.05) is 29.3 Å². The minimum Gasteiger partial charge on any atom is -0.322 e. The van der Waals surface area contributed by atoms with Crippen molar-refractivity contribution in [3.8, 4) is 0 Å². The Balaban J connectivity index is 1.75. The lowest BCUT2D eigenvalue weighted by Crippen LogP contribution is -2.14. The van der Waals surface area contributed by atoms with Gasteiger partial charge in [0.15, 0.2) is 9.84 Å². The van der Waals surface area contributed by atoms with Crippen LogP contribution in [0.1, 0.15) is 26.3 Å². The van der Waals surface area contributed by atoms with Crippen LogP contribution in [0.2, 0.25) is 10.0 Å². The van der Waals surface area contributed by atoms with Gasteiger partial charge in [0.2, 0.25) is 0 Å². The van der Waals surface area contributed by atoms with E-state index in [1.807, 2.05) is 0 Å². The van der Waals surface area contributed by atoms with Gasteiger partial charge in [0, 0.05) is 38.8 Å². The second-order valence-electron chi connectivity index (χ2n) is 6.90. The fourth-order valence-electron chi connectivity index (χ4n) is 2.83. The molecule has 3 rings (SSSR count). The number of amides is 2. The Morgan fingerprint density at radius 2 is 1.45 bits per heavy atom. The summed E-state index contributed by atoms with van der Waals surface area (Å²) in [7, 11) is -3.42. The van der Waals surface area contributed by atoms with E-state index in [-0.39, 0.29) is 16.4 Å². The molecule has 6 nitrogen and oxygen atoms in total. The summed E-state index contributed by atoms with van der Waals surface area (Å²) in [6.07, 6.45) is 1.08. The molecule has 0 unspecified atom stereocenters. The maximum absolute atomic E-state index is 12.6. The summed E-state index contributed by atoms with van der Waals surface area (Å²) >= 11 is 11.9. The highest BCUT2D eigenvalue weighted by Crippen LogP contribution is 2.23. The van der Waals surface area contributed by atoms with E-state index in [2.05, 4.69) is 10.6 Å². The SMILES string of the molecule is Cc1cc(NC(=O)c2cc(Cl)cc(Cl)c2)ccc1NC(=O)c1cccc(S(C)(=O)=O)c1. The van der Waals surface area contributed by atoms with Crippen LogP contribution in [0.5, 0.6) is 0 Å². The van der Waals surface area contributed by atoms with Crippen LogP contribution in [0.3, 0.4) is 0 Å². The molecule has 0 aliphatic carbocycles. The van der Waals surface area contributed by atoms with Crippen molar-refractivity contribution in [1.29, 1.82) is 0 Å². The molecule has 0 atom stereocenters. The number of rotatable bonds is 5. The summed E-state index contributed by atoms with van der Waals surface area (Å²) in [6, 6.07) is 15.3. The van der Waals surface area contributed by atoms with Gasteiger partial charge in [-0.2, -0.15) is 0 Å². The predicted molar refractivity (Wildman–Crippen MR) is 123 cm³/mol. The lowest BCUT2D eigenvalue weighted by molar-refractivity contribution is 0.101. The quantitative estimate of drug-likeness (QED) is 0.528. The molecule has 0 aromatic heterocycles. The van der Waals surface area contributed by atoms with Gasteiger partial charge in [-0.05, 0) is 67.1 Å². The molecule has 2 amide bonds. The third-order valence-corrected chi connectivity index (χ3v) is 5.93. The maximum Gasteiger partial charge on any atom is 0.255 e. The Kier molecular flexibility index (Phi) is 6.69. The summed E-state index contributed by atoms with van der Waals surface area (Å²) in [5.41, 5.74) is 2.29. The molecule has 0 aliphatic rings. The van der Waals surface area contributed by atoms with E-state index in [1.165, 1.54) is 42.5 Å². The topological polar surface area (TPSA) is 92.3 Å². The van der Waals surface area contributed by atoms with Crippen molar-refractivity contribution in [2.45, 2.75) is 11.8 Å². The fraction of sp³-hybridized carbons (Fsp3) is 0.0909. The number of carbonyl (C=O) groups is 2. The molecular weight excluding hydrogens is 459 g/mol. The lowest BCUT2D eigenvalue weighted by atomic mass is 10.1. The zero-order valence-electron chi connectivity index (χ0n) is 16.6. The van der Waals surface area contributed by atoms with Crippen molar-refractivity contribution in [2.75, 3.05) is 16.9 Å². The van der Waals surface area contributed by atoms with E-state index in [4.69, 9.17) is 23.2 Å².